The van der Waals surface area contributed by atoms with Crippen molar-refractivity contribution < 1.29 is 0 Å². The molecule has 0 aliphatic rings. The lowest BCUT2D eigenvalue weighted by Crippen LogP contribution is -1.92. The molecule has 0 bridgehead atoms. The molecule has 0 unspecified atom stereocenters. The van der Waals surface area contributed by atoms with Crippen LogP contribution in [0.15, 0.2) is 194 Å². The minimum absolute atomic E-state index is 1.22. The van der Waals surface area contributed by atoms with Gasteiger partial charge in [0.05, 0.1) is 0 Å². The standard InChI is InChI=1S/C50H32/c1-3-13-38-30-40(26-22-33(38)10-1)35-20-24-37(25-21-35)49-45-17-7-8-18-46(45)50(42-27-23-34-11-2-4-14-39(34)31-42)48-32-41(28-29-47(48)49)44-19-9-15-36-12-5-6-16-43(36)44/h1-32H. The highest BCUT2D eigenvalue weighted by Gasteiger charge is 2.18. The molecule has 10 rings (SSSR count). The van der Waals surface area contributed by atoms with E-state index in [1.54, 1.807) is 0 Å². The van der Waals surface area contributed by atoms with Crippen molar-refractivity contribution in [1.82, 2.24) is 0 Å². The Labute approximate surface area is 291 Å². The van der Waals surface area contributed by atoms with Crippen LogP contribution in [0.3, 0.4) is 0 Å². The fourth-order valence-corrected chi connectivity index (χ4v) is 7.99. The van der Waals surface area contributed by atoms with Gasteiger partial charge in [-0.3, -0.25) is 0 Å². The SMILES string of the molecule is c1ccc2cc(-c3ccc(-c4c5ccccc5c(-c5ccc6ccccc6c5)c5cc(-c6cccc7ccccc67)ccc45)cc3)ccc2c1. The van der Waals surface area contributed by atoms with E-state index in [0.717, 1.165) is 0 Å². The molecule has 10 aromatic carbocycles. The fourth-order valence-electron chi connectivity index (χ4n) is 7.99. The van der Waals surface area contributed by atoms with Gasteiger partial charge in [-0.1, -0.05) is 176 Å². The Morgan fingerprint density at radius 3 is 1.36 bits per heavy atom. The molecule has 0 atom stereocenters. The van der Waals surface area contributed by atoms with Crippen LogP contribution in [0.25, 0.3) is 98.4 Å². The molecular weight excluding hydrogens is 601 g/mol. The predicted octanol–water partition coefficient (Wildman–Crippen LogP) is 14.1. The maximum atomic E-state index is 2.43. The Balaban J connectivity index is 1.23. The lowest BCUT2D eigenvalue weighted by molar-refractivity contribution is 1.62. The lowest BCUT2D eigenvalue weighted by Gasteiger charge is -2.19. The molecule has 0 heterocycles. The molecule has 0 radical (unpaired) electrons. The van der Waals surface area contributed by atoms with Crippen LogP contribution in [0.2, 0.25) is 0 Å². The maximum absolute atomic E-state index is 2.43. The van der Waals surface area contributed by atoms with E-state index in [1.165, 1.54) is 98.4 Å². The summed E-state index contributed by atoms with van der Waals surface area (Å²) in [7, 11) is 0. The van der Waals surface area contributed by atoms with Gasteiger partial charge in [0.1, 0.15) is 0 Å². The van der Waals surface area contributed by atoms with Gasteiger partial charge in [-0.25, -0.2) is 0 Å². The Morgan fingerprint density at radius 2 is 0.660 bits per heavy atom. The van der Waals surface area contributed by atoms with Crippen molar-refractivity contribution in [3.8, 4) is 44.5 Å². The summed E-state index contributed by atoms with van der Waals surface area (Å²) in [5.41, 5.74) is 9.94. The second kappa shape index (κ2) is 11.6. The topological polar surface area (TPSA) is 0 Å². The normalized spacial score (nSPS) is 11.6. The van der Waals surface area contributed by atoms with Gasteiger partial charge in [-0.2, -0.15) is 0 Å². The van der Waals surface area contributed by atoms with Crippen molar-refractivity contribution in [2.24, 2.45) is 0 Å². The first-order chi connectivity index (χ1) is 24.8. The van der Waals surface area contributed by atoms with Gasteiger partial charge in [0.25, 0.3) is 0 Å². The summed E-state index contributed by atoms with van der Waals surface area (Å²) in [6, 6.07) is 71.5. The van der Waals surface area contributed by atoms with Crippen LogP contribution in [-0.2, 0) is 0 Å². The van der Waals surface area contributed by atoms with Crippen molar-refractivity contribution in [1.29, 1.82) is 0 Å². The minimum Gasteiger partial charge on any atom is -0.0616 e. The van der Waals surface area contributed by atoms with E-state index in [1.807, 2.05) is 0 Å². The highest BCUT2D eigenvalue weighted by atomic mass is 14.2. The van der Waals surface area contributed by atoms with Gasteiger partial charge < -0.3 is 0 Å². The highest BCUT2D eigenvalue weighted by Crippen LogP contribution is 2.46. The quantitative estimate of drug-likeness (QED) is 0.169. The molecule has 0 spiro atoms. The molecule has 0 aliphatic carbocycles. The summed E-state index contributed by atoms with van der Waals surface area (Å²) < 4.78 is 0. The van der Waals surface area contributed by atoms with Crippen molar-refractivity contribution >= 4 is 53.9 Å². The largest absolute Gasteiger partial charge is 0.0616 e. The Hall–Kier alpha value is -6.50. The van der Waals surface area contributed by atoms with Crippen molar-refractivity contribution in [3.05, 3.63) is 194 Å². The summed E-state index contributed by atoms with van der Waals surface area (Å²) in [4.78, 5) is 0. The zero-order chi connectivity index (χ0) is 33.0. The zero-order valence-corrected chi connectivity index (χ0v) is 27.5. The van der Waals surface area contributed by atoms with Crippen LogP contribution < -0.4 is 0 Å². The number of hydrogen-bond donors (Lipinski definition) is 0. The third-order valence-corrected chi connectivity index (χ3v) is 10.4. The Kier molecular flexibility index (Phi) is 6.60. The average Bonchev–Trinajstić information content (AvgIpc) is 3.19. The van der Waals surface area contributed by atoms with E-state index in [9.17, 15) is 0 Å². The maximum Gasteiger partial charge on any atom is -0.00259 e. The van der Waals surface area contributed by atoms with Crippen LogP contribution in [0.5, 0.6) is 0 Å². The van der Waals surface area contributed by atoms with Gasteiger partial charge in [0.2, 0.25) is 0 Å². The van der Waals surface area contributed by atoms with E-state index < -0.39 is 0 Å². The van der Waals surface area contributed by atoms with Crippen LogP contribution in [0, 0.1) is 0 Å². The second-order valence-corrected chi connectivity index (χ2v) is 13.3. The first-order valence-corrected chi connectivity index (χ1v) is 17.3. The molecule has 0 aromatic heterocycles. The summed E-state index contributed by atoms with van der Waals surface area (Å²) in [6.45, 7) is 0. The molecule has 0 nitrogen and oxygen atoms in total. The average molecular weight is 633 g/mol. The highest BCUT2D eigenvalue weighted by molar-refractivity contribution is 6.22. The van der Waals surface area contributed by atoms with E-state index in [2.05, 4.69) is 194 Å². The Morgan fingerprint density at radius 1 is 0.200 bits per heavy atom. The van der Waals surface area contributed by atoms with Gasteiger partial charge in [-0.15, -0.1) is 0 Å². The lowest BCUT2D eigenvalue weighted by atomic mass is 9.84. The third kappa shape index (κ3) is 4.69. The van der Waals surface area contributed by atoms with Gasteiger partial charge in [0.15, 0.2) is 0 Å². The predicted molar refractivity (Wildman–Crippen MR) is 216 cm³/mol. The van der Waals surface area contributed by atoms with E-state index in [4.69, 9.17) is 0 Å². The number of fused-ring (bicyclic) bond motifs is 5. The monoisotopic (exact) mass is 632 g/mol. The molecule has 0 saturated heterocycles. The van der Waals surface area contributed by atoms with E-state index in [0.29, 0.717) is 0 Å². The minimum atomic E-state index is 1.22. The van der Waals surface area contributed by atoms with Crippen molar-refractivity contribution in [2.45, 2.75) is 0 Å². The van der Waals surface area contributed by atoms with Gasteiger partial charge in [-0.05, 0) is 117 Å². The van der Waals surface area contributed by atoms with Crippen molar-refractivity contribution in [2.75, 3.05) is 0 Å². The van der Waals surface area contributed by atoms with Gasteiger partial charge >= 0.3 is 0 Å². The summed E-state index contributed by atoms with van der Waals surface area (Å²) in [5.74, 6) is 0. The van der Waals surface area contributed by atoms with Crippen LogP contribution >= 0.6 is 0 Å². The number of rotatable bonds is 4. The summed E-state index contributed by atoms with van der Waals surface area (Å²) in [5, 5.41) is 12.6. The van der Waals surface area contributed by atoms with E-state index >= 15 is 0 Å². The molecule has 0 amide bonds. The number of hydrogen-bond acceptors (Lipinski definition) is 0. The van der Waals surface area contributed by atoms with Gasteiger partial charge in [0, 0.05) is 0 Å². The molecule has 0 N–H and O–H groups in total. The third-order valence-electron chi connectivity index (χ3n) is 10.4. The smallest absolute Gasteiger partial charge is 0.00259 e. The molecule has 232 valence electrons. The second-order valence-electron chi connectivity index (χ2n) is 13.3. The van der Waals surface area contributed by atoms with Crippen LogP contribution in [0.4, 0.5) is 0 Å². The molecule has 0 aliphatic heterocycles. The first kappa shape index (κ1) is 28.5. The molecule has 0 fully saturated rings. The first-order valence-electron chi connectivity index (χ1n) is 17.3. The van der Waals surface area contributed by atoms with Crippen molar-refractivity contribution in [3.63, 3.8) is 0 Å². The zero-order valence-electron chi connectivity index (χ0n) is 27.5. The molecular formula is C50H32. The van der Waals surface area contributed by atoms with E-state index in [-0.39, 0.29) is 0 Å². The molecule has 0 saturated carbocycles. The Bertz CT molecular complexity index is 2900. The fraction of sp³-hybridized carbons (Fsp3) is 0. The summed E-state index contributed by atoms with van der Waals surface area (Å²) in [6.07, 6.45) is 0. The van der Waals surface area contributed by atoms with Crippen LogP contribution in [0.1, 0.15) is 0 Å². The molecule has 0 heteroatoms. The van der Waals surface area contributed by atoms with Crippen LogP contribution in [-0.4, -0.2) is 0 Å². The summed E-state index contributed by atoms with van der Waals surface area (Å²) >= 11 is 0. The molecule has 10 aromatic rings. The molecule has 50 heavy (non-hydrogen) atoms. The number of benzene rings is 10.